The Kier molecular flexibility index (Phi) is 8.60. The van der Waals surface area contributed by atoms with Gasteiger partial charge in [-0.3, -0.25) is 14.6 Å². The van der Waals surface area contributed by atoms with Gasteiger partial charge in [-0.15, -0.1) is 13.2 Å². The van der Waals surface area contributed by atoms with E-state index >= 15 is 4.39 Å². The normalized spacial score (nSPS) is 11.7. The smallest absolute Gasteiger partial charge is 0.510 e. The summed E-state index contributed by atoms with van der Waals surface area (Å²) >= 11 is 0. The first-order valence-corrected chi connectivity index (χ1v) is 10.5. The molecule has 0 saturated carbocycles. The number of benzene rings is 2. The van der Waals surface area contributed by atoms with Gasteiger partial charge in [0.05, 0.1) is 5.56 Å². The number of carbonyl (C=O) groups excluding carboxylic acids is 2. The Morgan fingerprint density at radius 2 is 1.55 bits per heavy atom. The Labute approximate surface area is 224 Å². The molecule has 0 saturated heterocycles. The van der Waals surface area contributed by atoms with Crippen LogP contribution in [0, 0.1) is 11.6 Å². The topological polar surface area (TPSA) is 113 Å². The van der Waals surface area contributed by atoms with Crippen molar-refractivity contribution in [2.45, 2.75) is 18.1 Å². The van der Waals surface area contributed by atoms with Crippen molar-refractivity contribution in [2.75, 3.05) is 5.32 Å². The Balaban J connectivity index is 2.12. The average Bonchev–Trinajstić information content (AvgIpc) is 2.81. The highest BCUT2D eigenvalue weighted by Gasteiger charge is 2.35. The summed E-state index contributed by atoms with van der Waals surface area (Å²) in [5, 5.41) is -0.584. The van der Waals surface area contributed by atoms with Gasteiger partial charge in [0.25, 0.3) is 18.2 Å². The number of nitrogens with zero attached hydrogens (tertiary/aromatic N) is 1. The molecule has 0 bridgehead atoms. The number of nitrogens with one attached hydrogen (secondary N) is 1. The third-order valence-corrected chi connectivity index (χ3v) is 4.62. The molecule has 202 valence electrons. The number of nitrogens with two attached hydrogens (primary N) is 1. The maximum Gasteiger partial charge on any atom is 0.573 e. The molecule has 0 spiro atoms. The maximum absolute atomic E-state index is 15.1. The molecule has 1 aromatic heterocycles. The molecule has 0 unspecified atom stereocenters. The molecule has 0 aliphatic carbocycles. The highest BCUT2D eigenvalue weighted by Crippen LogP contribution is 2.42. The Morgan fingerprint density at radius 1 is 0.925 bits per heavy atom. The van der Waals surface area contributed by atoms with Gasteiger partial charge < -0.3 is 25.3 Å². The summed E-state index contributed by atoms with van der Waals surface area (Å²) < 4.78 is 108. The molecular weight excluding hydrogens is 552 g/mol. The number of anilines is 1. The second-order valence-corrected chi connectivity index (χ2v) is 7.70. The zero-order valence-corrected chi connectivity index (χ0v) is 19.6. The van der Waals surface area contributed by atoms with Gasteiger partial charge in [-0.1, -0.05) is 0 Å². The van der Waals surface area contributed by atoms with Gasteiger partial charge in [0, 0.05) is 11.9 Å². The molecule has 2 amide bonds. The fourth-order valence-corrected chi connectivity index (χ4v) is 3.07. The van der Waals surface area contributed by atoms with Crippen LogP contribution >= 0.6 is 0 Å². The largest absolute Gasteiger partial charge is 0.573 e. The molecular formula is C22H11B3F7N3O5. The van der Waals surface area contributed by atoms with Crippen LogP contribution in [0.5, 0.6) is 23.0 Å². The SMILES string of the molecule is [B]C([B])([B])Oc1c(Oc2ccc(C(F)F)c(F)c2C(=O)Nc2ccnc(C(N)=O)c2)ccc(OC(F)(F)F)c1F. The van der Waals surface area contributed by atoms with Crippen molar-refractivity contribution in [3.8, 4) is 23.0 Å². The molecule has 3 N–H and O–H groups in total. The molecule has 1 heterocycles. The van der Waals surface area contributed by atoms with E-state index in [-0.39, 0.29) is 11.4 Å². The van der Waals surface area contributed by atoms with Crippen molar-refractivity contribution in [1.29, 1.82) is 0 Å². The fourth-order valence-electron chi connectivity index (χ4n) is 3.07. The van der Waals surface area contributed by atoms with E-state index < -0.39 is 75.7 Å². The van der Waals surface area contributed by atoms with Crippen molar-refractivity contribution in [2.24, 2.45) is 5.73 Å². The number of hydrogen-bond donors (Lipinski definition) is 2. The Morgan fingerprint density at radius 3 is 2.12 bits per heavy atom. The molecule has 8 nitrogen and oxygen atoms in total. The molecule has 0 fully saturated rings. The van der Waals surface area contributed by atoms with Crippen LogP contribution in [0.2, 0.25) is 0 Å². The molecule has 40 heavy (non-hydrogen) atoms. The van der Waals surface area contributed by atoms with Gasteiger partial charge in [0.15, 0.2) is 17.2 Å². The third kappa shape index (κ3) is 7.39. The van der Waals surface area contributed by atoms with Crippen LogP contribution in [-0.2, 0) is 0 Å². The molecule has 0 aliphatic heterocycles. The van der Waals surface area contributed by atoms with Gasteiger partial charge in [-0.25, -0.2) is 13.2 Å². The summed E-state index contributed by atoms with van der Waals surface area (Å²) in [5.74, 6) is -10.5. The van der Waals surface area contributed by atoms with Crippen LogP contribution in [0.3, 0.4) is 0 Å². The first-order chi connectivity index (χ1) is 18.5. The summed E-state index contributed by atoms with van der Waals surface area (Å²) in [6.45, 7) is 0. The van der Waals surface area contributed by atoms with E-state index in [1.807, 2.05) is 0 Å². The molecule has 18 heteroatoms. The number of carbonyl (C=O) groups is 2. The number of hydrogen-bond acceptors (Lipinski definition) is 6. The van der Waals surface area contributed by atoms with Gasteiger partial charge in [0.2, 0.25) is 5.82 Å². The van der Waals surface area contributed by atoms with E-state index in [4.69, 9.17) is 38.7 Å². The quantitative estimate of drug-likeness (QED) is 0.303. The zero-order chi connectivity index (χ0) is 30.0. The number of rotatable bonds is 9. The predicted octanol–water partition coefficient (Wildman–Crippen LogP) is 3.84. The number of primary amides is 1. The van der Waals surface area contributed by atoms with Gasteiger partial charge in [0.1, 0.15) is 46.4 Å². The van der Waals surface area contributed by atoms with E-state index in [1.54, 1.807) is 0 Å². The van der Waals surface area contributed by atoms with Crippen LogP contribution in [0.4, 0.5) is 36.4 Å². The van der Waals surface area contributed by atoms with E-state index in [1.165, 1.54) is 0 Å². The summed E-state index contributed by atoms with van der Waals surface area (Å²) in [7, 11) is 15.8. The molecule has 2 aromatic carbocycles. The summed E-state index contributed by atoms with van der Waals surface area (Å²) in [5.41, 5.74) is 2.20. The van der Waals surface area contributed by atoms with E-state index in [2.05, 4.69) is 15.0 Å². The van der Waals surface area contributed by atoms with Crippen LogP contribution in [-0.4, -0.2) is 52.0 Å². The number of amides is 2. The van der Waals surface area contributed by atoms with E-state index in [0.717, 1.165) is 18.3 Å². The monoisotopic (exact) mass is 563 g/mol. The predicted molar refractivity (Wildman–Crippen MR) is 126 cm³/mol. The van der Waals surface area contributed by atoms with Crippen LogP contribution in [0.1, 0.15) is 32.8 Å². The summed E-state index contributed by atoms with van der Waals surface area (Å²) in [4.78, 5) is 28.0. The maximum atomic E-state index is 15.1. The van der Waals surface area contributed by atoms with Crippen molar-refractivity contribution in [3.05, 3.63) is 71.1 Å². The van der Waals surface area contributed by atoms with Gasteiger partial charge in [-0.2, -0.15) is 4.39 Å². The molecule has 0 atom stereocenters. The Hall–Kier alpha value is -4.37. The summed E-state index contributed by atoms with van der Waals surface area (Å²) in [6.07, 6.45) is -7.72. The lowest BCUT2D eigenvalue weighted by Gasteiger charge is -2.26. The third-order valence-electron chi connectivity index (χ3n) is 4.62. The van der Waals surface area contributed by atoms with Gasteiger partial charge in [-0.05, 0) is 41.7 Å². The number of aromatic nitrogens is 1. The highest BCUT2D eigenvalue weighted by molar-refractivity contribution is 6.58. The van der Waals surface area contributed by atoms with E-state index in [9.17, 15) is 35.9 Å². The Bertz CT molecular complexity index is 1450. The molecule has 6 radical (unpaired) electrons. The van der Waals surface area contributed by atoms with Crippen LogP contribution < -0.4 is 25.3 Å². The van der Waals surface area contributed by atoms with Crippen molar-refractivity contribution < 1.29 is 54.5 Å². The number of ether oxygens (including phenoxy) is 3. The van der Waals surface area contributed by atoms with Crippen molar-refractivity contribution in [1.82, 2.24) is 4.98 Å². The number of pyridine rings is 1. The second kappa shape index (κ2) is 11.4. The minimum atomic E-state index is -5.35. The second-order valence-electron chi connectivity index (χ2n) is 7.70. The average molecular weight is 563 g/mol. The molecule has 3 aromatic rings. The standard InChI is InChI=1S/C22H11B3F7N3O5/c23-21(24,25)40-17-13(4-3-12(16(17)27)39-22(30,31)32)38-11-2-1-9(18(28)29)15(26)14(11)20(37)35-8-5-6-34-10(7-8)19(33)36/h1-7,18H,(H2,33,36)(H,34,35,37). The molecule has 0 aliphatic rings. The zero-order valence-electron chi connectivity index (χ0n) is 19.6. The molecule has 3 rings (SSSR count). The number of halogens is 7. The van der Waals surface area contributed by atoms with Crippen molar-refractivity contribution in [3.63, 3.8) is 0 Å². The minimum Gasteiger partial charge on any atom is -0.510 e. The summed E-state index contributed by atoms with van der Waals surface area (Å²) in [6, 6.07) is 4.38. The first-order valence-electron chi connectivity index (χ1n) is 10.5. The fraction of sp³-hybridized carbons (Fsp3) is 0.136. The van der Waals surface area contributed by atoms with Crippen molar-refractivity contribution >= 4 is 41.0 Å². The highest BCUT2D eigenvalue weighted by atomic mass is 19.4. The van der Waals surface area contributed by atoms with E-state index in [0.29, 0.717) is 24.3 Å². The van der Waals surface area contributed by atoms with Crippen LogP contribution in [0.15, 0.2) is 42.6 Å². The van der Waals surface area contributed by atoms with Crippen LogP contribution in [0.25, 0.3) is 0 Å². The minimum absolute atomic E-state index is 0.176. The number of alkyl halides is 5. The van der Waals surface area contributed by atoms with Gasteiger partial charge >= 0.3 is 6.36 Å². The lowest BCUT2D eigenvalue weighted by Crippen LogP contribution is -2.38. The first kappa shape index (κ1) is 30.2. The lowest BCUT2D eigenvalue weighted by atomic mass is 9.52. The lowest BCUT2D eigenvalue weighted by molar-refractivity contribution is -0.275.